The number of rotatable bonds is 6. The highest BCUT2D eigenvalue weighted by Gasteiger charge is 2.15. The zero-order valence-electron chi connectivity index (χ0n) is 15.8. The van der Waals surface area contributed by atoms with E-state index in [1.807, 2.05) is 48.7 Å². The third kappa shape index (κ3) is 3.51. The van der Waals surface area contributed by atoms with Crippen LogP contribution in [0.15, 0.2) is 72.5 Å². The number of aromatic nitrogens is 4. The van der Waals surface area contributed by atoms with E-state index < -0.39 is 0 Å². The van der Waals surface area contributed by atoms with Crippen molar-refractivity contribution in [1.29, 1.82) is 0 Å². The molecular weight excluding hydrogens is 368 g/mol. The van der Waals surface area contributed by atoms with Crippen LogP contribution in [0, 0.1) is 6.92 Å². The Hall–Kier alpha value is -3.12. The van der Waals surface area contributed by atoms with Gasteiger partial charge in [-0.3, -0.25) is 4.57 Å². The van der Waals surface area contributed by atoms with Crippen molar-refractivity contribution in [2.75, 3.05) is 7.11 Å². The van der Waals surface area contributed by atoms with Crippen molar-refractivity contribution >= 4 is 28.6 Å². The maximum atomic E-state index is 5.20. The molecule has 0 amide bonds. The lowest BCUT2D eigenvalue weighted by Crippen LogP contribution is -2.02. The molecule has 0 bridgehead atoms. The Labute approximate surface area is 168 Å². The van der Waals surface area contributed by atoms with Crippen molar-refractivity contribution in [1.82, 2.24) is 19.5 Å². The van der Waals surface area contributed by atoms with Crippen molar-refractivity contribution in [3.63, 3.8) is 0 Å². The van der Waals surface area contributed by atoms with Crippen LogP contribution in [-0.2, 0) is 10.5 Å². The average Bonchev–Trinajstić information content (AvgIpc) is 3.10. The second kappa shape index (κ2) is 7.86. The molecule has 5 nitrogen and oxygen atoms in total. The fraction of sp³-hybridized carbons (Fsp3) is 0.136. The van der Waals surface area contributed by atoms with E-state index in [1.54, 1.807) is 18.9 Å². The van der Waals surface area contributed by atoms with E-state index in [-0.39, 0.29) is 0 Å². The van der Waals surface area contributed by atoms with E-state index >= 15 is 0 Å². The summed E-state index contributed by atoms with van der Waals surface area (Å²) in [4.78, 5) is 14.1. The lowest BCUT2D eigenvalue weighted by molar-refractivity contribution is 0.369. The summed E-state index contributed by atoms with van der Waals surface area (Å²) in [6.07, 6.45) is 1.81. The number of pyridine rings is 2. The number of hydrogen-bond acceptors (Lipinski definition) is 5. The van der Waals surface area contributed by atoms with Gasteiger partial charge < -0.3 is 4.74 Å². The zero-order chi connectivity index (χ0) is 19.5. The molecule has 0 spiro atoms. The number of thioether (sulfide) groups is 1. The maximum absolute atomic E-state index is 5.20. The lowest BCUT2D eigenvalue weighted by atomic mass is 10.2. The molecule has 28 heavy (non-hydrogen) atoms. The number of aryl methyl sites for hydroxylation is 1. The topological polar surface area (TPSA) is 52.8 Å². The molecule has 0 radical (unpaired) electrons. The minimum atomic E-state index is 0.559. The zero-order valence-corrected chi connectivity index (χ0v) is 16.6. The van der Waals surface area contributed by atoms with Crippen molar-refractivity contribution < 1.29 is 4.74 Å². The van der Waals surface area contributed by atoms with Crippen LogP contribution < -0.4 is 0 Å². The quantitative estimate of drug-likeness (QED) is 0.342. The molecule has 0 saturated carbocycles. The summed E-state index contributed by atoms with van der Waals surface area (Å²) >= 11 is 1.64. The SMILES string of the molecule is C=C(OC)c1cccc(CSc2nc3ccccc3n2-c2ncccc2C)n1. The Bertz CT molecular complexity index is 1150. The van der Waals surface area contributed by atoms with Gasteiger partial charge >= 0.3 is 0 Å². The highest BCUT2D eigenvalue weighted by atomic mass is 32.2. The van der Waals surface area contributed by atoms with Gasteiger partial charge in [-0.05, 0) is 42.8 Å². The van der Waals surface area contributed by atoms with Gasteiger partial charge in [-0.25, -0.2) is 15.0 Å². The Morgan fingerprint density at radius 2 is 1.93 bits per heavy atom. The normalized spacial score (nSPS) is 10.9. The summed E-state index contributed by atoms with van der Waals surface area (Å²) in [5, 5.41) is 0.890. The molecule has 0 aliphatic rings. The number of nitrogens with zero attached hydrogens (tertiary/aromatic N) is 4. The molecule has 0 N–H and O–H groups in total. The van der Waals surface area contributed by atoms with Gasteiger partial charge in [0.15, 0.2) is 5.16 Å². The van der Waals surface area contributed by atoms with E-state index in [4.69, 9.17) is 9.72 Å². The Kier molecular flexibility index (Phi) is 5.12. The second-order valence-corrected chi connectivity index (χ2v) is 7.24. The monoisotopic (exact) mass is 388 g/mol. The van der Waals surface area contributed by atoms with Gasteiger partial charge in [0.2, 0.25) is 0 Å². The molecule has 0 aliphatic carbocycles. The standard InChI is InChI=1S/C22H20N4OS/c1-15-8-7-13-23-21(15)26-20-12-5-4-10-19(20)25-22(26)28-14-17-9-6-11-18(24-17)16(2)27-3/h4-13H,2,14H2,1,3H3. The minimum Gasteiger partial charge on any atom is -0.495 e. The number of benzene rings is 1. The van der Waals surface area contributed by atoms with Crippen molar-refractivity contribution in [2.45, 2.75) is 17.8 Å². The predicted octanol–water partition coefficient (Wildman–Crippen LogP) is 5.03. The highest BCUT2D eigenvalue weighted by molar-refractivity contribution is 7.98. The van der Waals surface area contributed by atoms with Gasteiger partial charge in [0, 0.05) is 11.9 Å². The molecule has 3 heterocycles. The van der Waals surface area contributed by atoms with Crippen LogP contribution in [0.25, 0.3) is 22.6 Å². The van der Waals surface area contributed by atoms with E-state index in [2.05, 4.69) is 40.2 Å². The number of methoxy groups -OCH3 is 1. The molecule has 1 aromatic carbocycles. The highest BCUT2D eigenvalue weighted by Crippen LogP contribution is 2.30. The second-order valence-electron chi connectivity index (χ2n) is 6.29. The third-order valence-electron chi connectivity index (χ3n) is 4.41. The van der Waals surface area contributed by atoms with Crippen molar-refractivity contribution in [3.05, 3.63) is 84.3 Å². The minimum absolute atomic E-state index is 0.559. The smallest absolute Gasteiger partial charge is 0.175 e. The van der Waals surface area contributed by atoms with Crippen LogP contribution in [0.4, 0.5) is 0 Å². The summed E-state index contributed by atoms with van der Waals surface area (Å²) in [7, 11) is 1.60. The van der Waals surface area contributed by atoms with Gasteiger partial charge in [0.1, 0.15) is 17.3 Å². The lowest BCUT2D eigenvalue weighted by Gasteiger charge is -2.10. The van der Waals surface area contributed by atoms with Crippen molar-refractivity contribution in [2.24, 2.45) is 0 Å². The molecule has 0 unspecified atom stereocenters. The molecule has 0 fully saturated rings. The van der Waals surface area contributed by atoms with Gasteiger partial charge in [0.25, 0.3) is 0 Å². The molecule has 140 valence electrons. The molecule has 0 aliphatic heterocycles. The largest absolute Gasteiger partial charge is 0.495 e. The van der Waals surface area contributed by atoms with Crippen LogP contribution in [0.5, 0.6) is 0 Å². The van der Waals surface area contributed by atoms with Gasteiger partial charge in [-0.15, -0.1) is 0 Å². The molecule has 0 saturated heterocycles. The van der Waals surface area contributed by atoms with Gasteiger partial charge in [-0.2, -0.15) is 0 Å². The van der Waals surface area contributed by atoms with Crippen LogP contribution in [-0.4, -0.2) is 26.6 Å². The summed E-state index contributed by atoms with van der Waals surface area (Å²) < 4.78 is 7.31. The first-order chi connectivity index (χ1) is 13.7. The molecule has 6 heteroatoms. The number of ether oxygens (including phenoxy) is 1. The van der Waals surface area contributed by atoms with E-state index in [0.29, 0.717) is 11.5 Å². The first-order valence-electron chi connectivity index (χ1n) is 8.89. The Morgan fingerprint density at radius 1 is 1.07 bits per heavy atom. The summed E-state index contributed by atoms with van der Waals surface area (Å²) in [6, 6.07) is 18.0. The van der Waals surface area contributed by atoms with Crippen LogP contribution >= 0.6 is 11.8 Å². The van der Waals surface area contributed by atoms with Gasteiger partial charge in [-0.1, -0.05) is 42.6 Å². The number of imidazole rings is 1. The van der Waals surface area contributed by atoms with Crippen molar-refractivity contribution in [3.8, 4) is 5.82 Å². The first-order valence-corrected chi connectivity index (χ1v) is 9.87. The molecular formula is C22H20N4OS. The number of para-hydroxylation sites is 2. The average molecular weight is 388 g/mol. The van der Waals surface area contributed by atoms with Crippen LogP contribution in [0.2, 0.25) is 0 Å². The number of hydrogen-bond donors (Lipinski definition) is 0. The summed E-state index contributed by atoms with van der Waals surface area (Å²) in [5.41, 5.74) is 4.78. The molecule has 0 atom stereocenters. The fourth-order valence-electron chi connectivity index (χ4n) is 2.98. The molecule has 4 rings (SSSR count). The Balaban J connectivity index is 1.71. The Morgan fingerprint density at radius 3 is 2.75 bits per heavy atom. The summed E-state index contributed by atoms with van der Waals surface area (Å²) in [5.74, 6) is 2.14. The summed E-state index contributed by atoms with van der Waals surface area (Å²) in [6.45, 7) is 5.94. The maximum Gasteiger partial charge on any atom is 0.175 e. The molecule has 4 aromatic rings. The number of fused-ring (bicyclic) bond motifs is 1. The fourth-order valence-corrected chi connectivity index (χ4v) is 3.89. The van der Waals surface area contributed by atoms with Crippen LogP contribution in [0.3, 0.4) is 0 Å². The van der Waals surface area contributed by atoms with E-state index in [9.17, 15) is 0 Å². The van der Waals surface area contributed by atoms with Crippen LogP contribution in [0.1, 0.15) is 17.0 Å². The third-order valence-corrected chi connectivity index (χ3v) is 5.38. The van der Waals surface area contributed by atoms with Gasteiger partial charge in [0.05, 0.1) is 23.8 Å². The first kappa shape index (κ1) is 18.3. The molecule has 3 aromatic heterocycles. The van der Waals surface area contributed by atoms with E-state index in [1.165, 1.54) is 0 Å². The predicted molar refractivity (Wildman–Crippen MR) is 113 cm³/mol. The van der Waals surface area contributed by atoms with E-state index in [0.717, 1.165) is 39.0 Å².